The van der Waals surface area contributed by atoms with Gasteiger partial charge in [0.05, 0.1) is 6.04 Å². The Morgan fingerprint density at radius 3 is 2.67 bits per heavy atom. The lowest BCUT2D eigenvalue weighted by Crippen LogP contribution is -2.24. The average Bonchev–Trinajstić information content (AvgIpc) is 3.04. The zero-order valence-electron chi connectivity index (χ0n) is 14.6. The lowest BCUT2D eigenvalue weighted by Gasteiger charge is -2.26. The van der Waals surface area contributed by atoms with Gasteiger partial charge in [-0.25, -0.2) is 9.97 Å². The monoisotopic (exact) mass is 343 g/mol. The summed E-state index contributed by atoms with van der Waals surface area (Å²) in [5.74, 6) is 1.48. The van der Waals surface area contributed by atoms with Crippen molar-refractivity contribution in [2.24, 2.45) is 0 Å². The number of hydrogen-bond donors (Lipinski definition) is 1. The fraction of sp³-hybridized carbons (Fsp3) is 0.444. The van der Waals surface area contributed by atoms with Crippen LogP contribution in [0.25, 0.3) is 0 Å². The van der Waals surface area contributed by atoms with E-state index in [1.165, 1.54) is 29.3 Å². The molecule has 1 atom stereocenters. The zero-order valence-corrected chi connectivity index (χ0v) is 15.4. The van der Waals surface area contributed by atoms with Gasteiger partial charge in [0, 0.05) is 19.2 Å². The molecule has 1 aliphatic rings. The molecule has 3 rings (SSSR count). The van der Waals surface area contributed by atoms with Crippen molar-refractivity contribution in [2.75, 3.05) is 37.5 Å². The van der Waals surface area contributed by atoms with Crippen LogP contribution in [0.5, 0.6) is 0 Å². The first-order valence-electron chi connectivity index (χ1n) is 8.25. The Hall–Kier alpha value is -1.79. The number of nitrogens with zero attached hydrogens (tertiary/aromatic N) is 4. The van der Waals surface area contributed by atoms with Crippen LogP contribution >= 0.6 is 11.8 Å². The number of benzene rings is 1. The Labute approximate surface area is 148 Å². The molecule has 2 heterocycles. The number of thioether (sulfide) groups is 1. The van der Waals surface area contributed by atoms with Crippen LogP contribution in [-0.4, -0.2) is 41.8 Å². The molecule has 6 heteroatoms. The molecular weight excluding hydrogens is 318 g/mol. The van der Waals surface area contributed by atoms with Crippen LogP contribution in [0.1, 0.15) is 30.0 Å². The van der Waals surface area contributed by atoms with E-state index >= 15 is 0 Å². The Kier molecular flexibility index (Phi) is 5.26. The summed E-state index contributed by atoms with van der Waals surface area (Å²) in [7, 11) is 4.19. The Balaban J connectivity index is 1.84. The van der Waals surface area contributed by atoms with Gasteiger partial charge in [-0.1, -0.05) is 36.0 Å². The minimum Gasteiger partial charge on any atom is -0.383 e. The van der Waals surface area contributed by atoms with E-state index in [2.05, 4.69) is 58.1 Å². The maximum absolute atomic E-state index is 5.96. The molecule has 2 aromatic rings. The van der Waals surface area contributed by atoms with Crippen LogP contribution < -0.4 is 10.6 Å². The molecule has 2 N–H and O–H groups in total. The molecule has 128 valence electrons. The van der Waals surface area contributed by atoms with E-state index in [1.807, 2.05) is 12.3 Å². The largest absolute Gasteiger partial charge is 0.383 e. The molecule has 1 saturated heterocycles. The van der Waals surface area contributed by atoms with Crippen LogP contribution in [0.3, 0.4) is 0 Å². The average molecular weight is 344 g/mol. The van der Waals surface area contributed by atoms with Crippen molar-refractivity contribution < 1.29 is 0 Å². The molecule has 0 aliphatic carbocycles. The van der Waals surface area contributed by atoms with Gasteiger partial charge in [0.25, 0.3) is 0 Å². The second-order valence-corrected chi connectivity index (χ2v) is 7.24. The van der Waals surface area contributed by atoms with Crippen LogP contribution in [0.15, 0.2) is 35.5 Å². The maximum Gasteiger partial charge on any atom is 0.191 e. The third-order valence-electron chi connectivity index (χ3n) is 4.30. The van der Waals surface area contributed by atoms with Crippen molar-refractivity contribution in [1.82, 2.24) is 14.9 Å². The van der Waals surface area contributed by atoms with Crippen LogP contribution in [0.2, 0.25) is 0 Å². The molecule has 1 aromatic heterocycles. The summed E-state index contributed by atoms with van der Waals surface area (Å²) in [6.45, 7) is 1.97. The van der Waals surface area contributed by atoms with Gasteiger partial charge in [-0.3, -0.25) is 0 Å². The molecule has 0 bridgehead atoms. The van der Waals surface area contributed by atoms with E-state index in [4.69, 9.17) is 5.73 Å². The van der Waals surface area contributed by atoms with Crippen LogP contribution in [0.4, 0.5) is 11.6 Å². The number of hydrogen-bond acceptors (Lipinski definition) is 6. The van der Waals surface area contributed by atoms with Crippen molar-refractivity contribution in [3.05, 3.63) is 41.5 Å². The predicted octanol–water partition coefficient (Wildman–Crippen LogP) is 3.18. The van der Waals surface area contributed by atoms with Crippen molar-refractivity contribution >= 4 is 23.4 Å². The fourth-order valence-electron chi connectivity index (χ4n) is 3.27. The first-order valence-corrected chi connectivity index (χ1v) is 9.48. The van der Waals surface area contributed by atoms with E-state index < -0.39 is 0 Å². The van der Waals surface area contributed by atoms with E-state index in [9.17, 15) is 0 Å². The predicted molar refractivity (Wildman–Crippen MR) is 101 cm³/mol. The van der Waals surface area contributed by atoms with Gasteiger partial charge in [-0.05, 0) is 44.3 Å². The number of rotatable bonds is 5. The lowest BCUT2D eigenvalue weighted by atomic mass is 10.0. The summed E-state index contributed by atoms with van der Waals surface area (Å²) >= 11 is 1.53. The van der Waals surface area contributed by atoms with Gasteiger partial charge >= 0.3 is 0 Å². The number of anilines is 2. The summed E-state index contributed by atoms with van der Waals surface area (Å²) in [6, 6.07) is 11.2. The summed E-state index contributed by atoms with van der Waals surface area (Å²) in [5.41, 5.74) is 8.64. The van der Waals surface area contributed by atoms with Gasteiger partial charge in [0.15, 0.2) is 5.16 Å². The molecule has 0 saturated carbocycles. The van der Waals surface area contributed by atoms with Gasteiger partial charge in [0.2, 0.25) is 0 Å². The quantitative estimate of drug-likeness (QED) is 0.665. The van der Waals surface area contributed by atoms with Crippen molar-refractivity contribution in [3.8, 4) is 0 Å². The van der Waals surface area contributed by atoms with Gasteiger partial charge in [-0.2, -0.15) is 0 Å². The van der Waals surface area contributed by atoms with Crippen LogP contribution in [0, 0.1) is 0 Å². The fourth-order valence-corrected chi connectivity index (χ4v) is 3.65. The molecule has 1 aromatic carbocycles. The second-order valence-electron chi connectivity index (χ2n) is 6.47. The topological polar surface area (TPSA) is 58.3 Å². The third-order valence-corrected chi connectivity index (χ3v) is 4.85. The van der Waals surface area contributed by atoms with Gasteiger partial charge in [-0.15, -0.1) is 0 Å². The summed E-state index contributed by atoms with van der Waals surface area (Å²) in [6.07, 6.45) is 4.29. The van der Waals surface area contributed by atoms with Gasteiger partial charge < -0.3 is 15.5 Å². The first kappa shape index (κ1) is 17.0. The Morgan fingerprint density at radius 2 is 2.00 bits per heavy atom. The lowest BCUT2D eigenvalue weighted by molar-refractivity contribution is 0.402. The Bertz CT molecular complexity index is 686. The third kappa shape index (κ3) is 3.82. The number of nitrogens with two attached hydrogens (primary N) is 1. The maximum atomic E-state index is 5.96. The van der Waals surface area contributed by atoms with E-state index in [1.54, 1.807) is 0 Å². The second kappa shape index (κ2) is 7.40. The SMILES string of the molecule is CSc1nc(N)cc(N2CCCC2c2ccc(CN(C)C)cc2)n1. The zero-order chi connectivity index (χ0) is 17.1. The highest BCUT2D eigenvalue weighted by molar-refractivity contribution is 7.98. The van der Waals surface area contributed by atoms with E-state index in [-0.39, 0.29) is 0 Å². The molecule has 1 aliphatic heterocycles. The summed E-state index contributed by atoms with van der Waals surface area (Å²) in [5, 5.41) is 0.733. The summed E-state index contributed by atoms with van der Waals surface area (Å²) in [4.78, 5) is 13.5. The van der Waals surface area contributed by atoms with Crippen molar-refractivity contribution in [1.29, 1.82) is 0 Å². The number of aromatic nitrogens is 2. The normalized spacial score (nSPS) is 17.7. The first-order chi connectivity index (χ1) is 11.6. The minimum absolute atomic E-state index is 0.363. The van der Waals surface area contributed by atoms with Crippen molar-refractivity contribution in [2.45, 2.75) is 30.6 Å². The molecule has 5 nitrogen and oxygen atoms in total. The molecule has 1 unspecified atom stereocenters. The smallest absolute Gasteiger partial charge is 0.191 e. The molecule has 24 heavy (non-hydrogen) atoms. The minimum atomic E-state index is 0.363. The molecular formula is C18H25N5S. The molecule has 0 radical (unpaired) electrons. The molecule has 0 amide bonds. The van der Waals surface area contributed by atoms with Gasteiger partial charge in [0.1, 0.15) is 11.6 Å². The van der Waals surface area contributed by atoms with Crippen molar-refractivity contribution in [3.63, 3.8) is 0 Å². The summed E-state index contributed by atoms with van der Waals surface area (Å²) < 4.78 is 0. The van der Waals surface area contributed by atoms with E-state index in [0.717, 1.165) is 30.5 Å². The highest BCUT2D eigenvalue weighted by Gasteiger charge is 2.27. The van der Waals surface area contributed by atoms with E-state index in [0.29, 0.717) is 11.9 Å². The number of nitrogen functional groups attached to an aromatic ring is 1. The highest BCUT2D eigenvalue weighted by atomic mass is 32.2. The standard InChI is InChI=1S/C18H25N5S/c1-22(2)12-13-6-8-14(9-7-13)15-5-4-10-23(15)17-11-16(19)20-18(21-17)24-3/h6-9,11,15H,4-5,10,12H2,1-3H3,(H2,19,20,21). The molecule has 1 fully saturated rings. The molecule has 0 spiro atoms. The highest BCUT2D eigenvalue weighted by Crippen LogP contribution is 2.36. The Morgan fingerprint density at radius 1 is 1.25 bits per heavy atom. The van der Waals surface area contributed by atoms with Crippen LogP contribution in [-0.2, 0) is 6.54 Å².